The second kappa shape index (κ2) is 9.96. The van der Waals surface area contributed by atoms with Gasteiger partial charge in [0.2, 0.25) is 0 Å². The lowest BCUT2D eigenvalue weighted by Gasteiger charge is -2.23. The molecule has 2 aliphatic rings. The highest BCUT2D eigenvalue weighted by Crippen LogP contribution is 2.22. The smallest absolute Gasteiger partial charge is 0.193 e. The Hall–Kier alpha value is -1.28. The number of aryl methyl sites for hydroxylation is 1. The number of halogens is 1. The Morgan fingerprint density at radius 3 is 2.86 bits per heavy atom. The van der Waals surface area contributed by atoms with Crippen LogP contribution in [-0.4, -0.2) is 67.1 Å². The van der Waals surface area contributed by atoms with Crippen LogP contribution >= 0.6 is 24.0 Å². The number of rotatable bonds is 5. The van der Waals surface area contributed by atoms with Crippen LogP contribution in [0.2, 0.25) is 0 Å². The lowest BCUT2D eigenvalue weighted by molar-refractivity contribution is 0.281. The molecule has 2 N–H and O–H groups in total. The summed E-state index contributed by atoms with van der Waals surface area (Å²) in [6, 6.07) is 6.52. The van der Waals surface area contributed by atoms with Gasteiger partial charge in [0.15, 0.2) is 5.96 Å². The first-order chi connectivity index (χ1) is 13.2. The predicted molar refractivity (Wildman–Crippen MR) is 129 cm³/mol. The standard InChI is InChI=1S/C22H33N5.HI/c1-17-6-5-7-20-19(14-25-21(17)20)8-10-24-22(23-2)27-13-9-18(16-27)15-26-11-3-4-12-26;/h5-7,14,18,25H,3-4,8-13,15-16H2,1-2H3,(H,23,24);1H. The molecule has 0 saturated carbocycles. The van der Waals surface area contributed by atoms with E-state index in [1.165, 1.54) is 60.9 Å². The first-order valence-electron chi connectivity index (χ1n) is 10.5. The molecular weight excluding hydrogens is 461 g/mol. The van der Waals surface area contributed by atoms with E-state index in [2.05, 4.69) is 56.4 Å². The van der Waals surface area contributed by atoms with Crippen LogP contribution < -0.4 is 5.32 Å². The molecule has 154 valence electrons. The molecule has 2 aromatic rings. The highest BCUT2D eigenvalue weighted by atomic mass is 127. The molecule has 0 bridgehead atoms. The molecule has 3 heterocycles. The molecular formula is C22H34IN5. The van der Waals surface area contributed by atoms with Gasteiger partial charge in [-0.1, -0.05) is 18.2 Å². The van der Waals surface area contributed by atoms with Crippen molar-refractivity contribution < 1.29 is 0 Å². The van der Waals surface area contributed by atoms with Gasteiger partial charge in [-0.2, -0.15) is 0 Å². The number of hydrogen-bond acceptors (Lipinski definition) is 2. The van der Waals surface area contributed by atoms with Gasteiger partial charge in [0.05, 0.1) is 0 Å². The summed E-state index contributed by atoms with van der Waals surface area (Å²) in [6.07, 6.45) is 7.22. The highest BCUT2D eigenvalue weighted by molar-refractivity contribution is 14.0. The summed E-state index contributed by atoms with van der Waals surface area (Å²) in [7, 11) is 1.91. The van der Waals surface area contributed by atoms with Gasteiger partial charge in [-0.15, -0.1) is 24.0 Å². The van der Waals surface area contributed by atoms with E-state index in [0.717, 1.165) is 37.9 Å². The zero-order chi connectivity index (χ0) is 18.6. The Bertz CT molecular complexity index is 793. The van der Waals surface area contributed by atoms with Crippen LogP contribution in [0.5, 0.6) is 0 Å². The summed E-state index contributed by atoms with van der Waals surface area (Å²) in [5.41, 5.74) is 3.95. The zero-order valence-electron chi connectivity index (χ0n) is 17.2. The van der Waals surface area contributed by atoms with Crippen molar-refractivity contribution in [3.8, 4) is 0 Å². The van der Waals surface area contributed by atoms with Gasteiger partial charge in [-0.25, -0.2) is 0 Å². The molecule has 5 nitrogen and oxygen atoms in total. The largest absolute Gasteiger partial charge is 0.361 e. The minimum Gasteiger partial charge on any atom is -0.361 e. The van der Waals surface area contributed by atoms with Gasteiger partial charge in [-0.05, 0) is 62.7 Å². The van der Waals surface area contributed by atoms with E-state index in [0.29, 0.717) is 0 Å². The Labute approximate surface area is 186 Å². The molecule has 28 heavy (non-hydrogen) atoms. The summed E-state index contributed by atoms with van der Waals surface area (Å²) in [4.78, 5) is 13.1. The number of hydrogen-bond donors (Lipinski definition) is 2. The number of fused-ring (bicyclic) bond motifs is 1. The topological polar surface area (TPSA) is 46.7 Å². The third kappa shape index (κ3) is 4.82. The number of aliphatic imine (C=N–C) groups is 1. The van der Waals surface area contributed by atoms with E-state index >= 15 is 0 Å². The molecule has 1 aromatic carbocycles. The first kappa shape index (κ1) is 21.4. The minimum absolute atomic E-state index is 0. The molecule has 0 spiro atoms. The average Bonchev–Trinajstić information content (AvgIpc) is 3.41. The van der Waals surface area contributed by atoms with Gasteiger partial charge in [0.25, 0.3) is 0 Å². The van der Waals surface area contributed by atoms with E-state index in [1.54, 1.807) is 0 Å². The van der Waals surface area contributed by atoms with Gasteiger partial charge in [0.1, 0.15) is 0 Å². The van der Waals surface area contributed by atoms with Gasteiger partial charge in [0, 0.05) is 50.3 Å². The zero-order valence-corrected chi connectivity index (χ0v) is 19.5. The molecule has 2 fully saturated rings. The Kier molecular flexibility index (Phi) is 7.62. The van der Waals surface area contributed by atoms with Crippen LogP contribution in [0.3, 0.4) is 0 Å². The molecule has 1 unspecified atom stereocenters. The van der Waals surface area contributed by atoms with Crippen LogP contribution in [0.4, 0.5) is 0 Å². The second-order valence-corrected chi connectivity index (χ2v) is 8.14. The number of likely N-dealkylation sites (tertiary alicyclic amines) is 2. The molecule has 1 aromatic heterocycles. The fourth-order valence-corrected chi connectivity index (χ4v) is 4.72. The van der Waals surface area contributed by atoms with Crippen molar-refractivity contribution in [1.29, 1.82) is 0 Å². The monoisotopic (exact) mass is 495 g/mol. The van der Waals surface area contributed by atoms with Crippen molar-refractivity contribution in [3.63, 3.8) is 0 Å². The molecule has 4 rings (SSSR count). The fourth-order valence-electron chi connectivity index (χ4n) is 4.72. The highest BCUT2D eigenvalue weighted by Gasteiger charge is 2.27. The number of nitrogens with zero attached hydrogens (tertiary/aromatic N) is 3. The lowest BCUT2D eigenvalue weighted by Crippen LogP contribution is -2.41. The van der Waals surface area contributed by atoms with Crippen molar-refractivity contribution in [2.24, 2.45) is 10.9 Å². The maximum atomic E-state index is 4.54. The number of aromatic nitrogens is 1. The van der Waals surface area contributed by atoms with Gasteiger partial charge in [-0.3, -0.25) is 4.99 Å². The number of H-pyrrole nitrogens is 1. The van der Waals surface area contributed by atoms with Crippen molar-refractivity contribution in [3.05, 3.63) is 35.5 Å². The number of para-hydroxylation sites is 1. The minimum atomic E-state index is 0. The summed E-state index contributed by atoms with van der Waals surface area (Å²) in [5.74, 6) is 1.85. The molecule has 0 amide bonds. The third-order valence-electron chi connectivity index (χ3n) is 6.20. The Balaban J connectivity index is 0.00000225. The van der Waals surface area contributed by atoms with E-state index in [1.807, 2.05) is 7.05 Å². The molecule has 2 aliphatic heterocycles. The second-order valence-electron chi connectivity index (χ2n) is 8.14. The number of benzene rings is 1. The predicted octanol–water partition coefficient (Wildman–Crippen LogP) is 3.63. The number of nitrogens with one attached hydrogen (secondary N) is 2. The maximum absolute atomic E-state index is 4.54. The summed E-state index contributed by atoms with van der Waals surface area (Å²) < 4.78 is 0. The first-order valence-corrected chi connectivity index (χ1v) is 10.5. The van der Waals surface area contributed by atoms with Crippen LogP contribution in [0.25, 0.3) is 10.9 Å². The van der Waals surface area contributed by atoms with Crippen LogP contribution in [0.1, 0.15) is 30.4 Å². The lowest BCUT2D eigenvalue weighted by atomic mass is 10.1. The van der Waals surface area contributed by atoms with Crippen molar-refractivity contribution in [2.75, 3.05) is 46.3 Å². The average molecular weight is 495 g/mol. The van der Waals surface area contributed by atoms with Crippen molar-refractivity contribution >= 4 is 40.8 Å². The molecule has 6 heteroatoms. The summed E-state index contributed by atoms with van der Waals surface area (Å²) >= 11 is 0. The normalized spacial score (nSPS) is 20.7. The van der Waals surface area contributed by atoms with E-state index in [-0.39, 0.29) is 24.0 Å². The van der Waals surface area contributed by atoms with E-state index in [9.17, 15) is 0 Å². The summed E-state index contributed by atoms with van der Waals surface area (Å²) in [5, 5.41) is 4.94. The number of aromatic amines is 1. The van der Waals surface area contributed by atoms with E-state index in [4.69, 9.17) is 0 Å². The SMILES string of the molecule is CN=C(NCCc1c[nH]c2c(C)cccc12)N1CCC(CN2CCCC2)C1.I. The van der Waals surface area contributed by atoms with Crippen molar-refractivity contribution in [2.45, 2.75) is 32.6 Å². The fraction of sp³-hybridized carbons (Fsp3) is 0.591. The van der Waals surface area contributed by atoms with Gasteiger partial charge >= 0.3 is 0 Å². The Morgan fingerprint density at radius 2 is 2.07 bits per heavy atom. The third-order valence-corrected chi connectivity index (χ3v) is 6.20. The Morgan fingerprint density at radius 1 is 1.25 bits per heavy atom. The number of guanidine groups is 1. The molecule has 0 radical (unpaired) electrons. The van der Waals surface area contributed by atoms with Crippen LogP contribution in [0, 0.1) is 12.8 Å². The molecule has 0 aliphatic carbocycles. The van der Waals surface area contributed by atoms with E-state index < -0.39 is 0 Å². The van der Waals surface area contributed by atoms with Gasteiger partial charge < -0.3 is 20.1 Å². The maximum Gasteiger partial charge on any atom is 0.193 e. The quantitative estimate of drug-likeness (QED) is 0.379. The van der Waals surface area contributed by atoms with Crippen molar-refractivity contribution in [1.82, 2.24) is 20.1 Å². The summed E-state index contributed by atoms with van der Waals surface area (Å²) in [6.45, 7) is 9.21. The molecule has 1 atom stereocenters. The molecule has 2 saturated heterocycles. The van der Waals surface area contributed by atoms with Crippen LogP contribution in [0.15, 0.2) is 29.4 Å². The van der Waals surface area contributed by atoms with Crippen LogP contribution in [-0.2, 0) is 6.42 Å².